The van der Waals surface area contributed by atoms with Crippen LogP contribution >= 0.6 is 7.82 Å². The Kier molecular flexibility index (Phi) is 57.9. The highest BCUT2D eigenvalue weighted by Crippen LogP contribution is 2.43. The summed E-state index contributed by atoms with van der Waals surface area (Å²) >= 11 is 0. The van der Waals surface area contributed by atoms with Crippen molar-refractivity contribution in [3.05, 3.63) is 158 Å². The van der Waals surface area contributed by atoms with Gasteiger partial charge in [0, 0.05) is 12.8 Å². The van der Waals surface area contributed by atoms with Gasteiger partial charge >= 0.3 is 19.8 Å². The molecule has 9 nitrogen and oxygen atoms in total. The first-order valence-electron chi connectivity index (χ1n) is 32.2. The van der Waals surface area contributed by atoms with Crippen LogP contribution in [0.1, 0.15) is 232 Å². The topological polar surface area (TPSA) is 108 Å². The largest absolute Gasteiger partial charge is 0.472 e. The van der Waals surface area contributed by atoms with Gasteiger partial charge in [-0.25, -0.2) is 4.57 Å². The number of carbonyl (C=O) groups excluding carboxylic acids is 2. The first kappa shape index (κ1) is 77.6. The van der Waals surface area contributed by atoms with Crippen molar-refractivity contribution in [2.75, 3.05) is 47.5 Å². The van der Waals surface area contributed by atoms with E-state index in [1.165, 1.54) is 44.9 Å². The second-order valence-electron chi connectivity index (χ2n) is 22.0. The Morgan fingerprint density at radius 1 is 0.378 bits per heavy atom. The van der Waals surface area contributed by atoms with Crippen molar-refractivity contribution in [3.63, 3.8) is 0 Å². The number of hydrogen-bond donors (Lipinski definition) is 1. The Bertz CT molecular complexity index is 1940. The van der Waals surface area contributed by atoms with Crippen molar-refractivity contribution in [1.82, 2.24) is 0 Å². The number of unbranched alkanes of at least 4 members (excludes halogenated alkanes) is 17. The smallest absolute Gasteiger partial charge is 0.462 e. The van der Waals surface area contributed by atoms with Crippen molar-refractivity contribution >= 4 is 19.8 Å². The van der Waals surface area contributed by atoms with Crippen molar-refractivity contribution in [2.45, 2.75) is 238 Å². The zero-order valence-electron chi connectivity index (χ0n) is 52.7. The van der Waals surface area contributed by atoms with Crippen LogP contribution in [0.2, 0.25) is 0 Å². The molecule has 0 amide bonds. The van der Waals surface area contributed by atoms with Crippen LogP contribution < -0.4 is 0 Å². The van der Waals surface area contributed by atoms with Gasteiger partial charge in [-0.05, 0) is 122 Å². The number of esters is 2. The molecule has 10 heteroatoms. The molecule has 2 atom stereocenters. The molecule has 0 rings (SSSR count). The van der Waals surface area contributed by atoms with Crippen molar-refractivity contribution in [3.8, 4) is 0 Å². The quantitative estimate of drug-likeness (QED) is 0.0211. The van der Waals surface area contributed by atoms with Crippen LogP contribution in [-0.4, -0.2) is 74.9 Å². The Labute approximate surface area is 503 Å². The standard InChI is InChI=1S/C72H118NO8P/c1-6-8-10-12-14-16-18-20-22-24-26-27-28-29-30-31-32-33-34-35-36-37-38-39-40-41-42-43-44-45-47-49-51-53-55-57-59-61-63-65-72(75)81-70(69-80-82(76,77)79-67-66-73(3,4)5)68-78-71(74)64-62-60-58-56-54-52-50-48-46-25-23-21-19-17-15-13-11-9-7-2/h8-11,14-17,20-23,26-27,29-30,32-33,35-36,38-39,41-42,46,48,70H,6-7,12-13,18-19,24-25,28,31,34,37,40,43-45,47,49-69H2,1-5H3/p+1/b10-8-,11-9-,16-14-,17-15-,22-20-,23-21-,27-26-,30-29-,33-32-,36-35-,39-38-,42-41-,48-46-. The Balaban J connectivity index is 4.12. The molecule has 0 aromatic carbocycles. The van der Waals surface area contributed by atoms with Gasteiger partial charge in [0.25, 0.3) is 0 Å². The van der Waals surface area contributed by atoms with E-state index < -0.39 is 26.5 Å². The second kappa shape index (κ2) is 61.2. The van der Waals surface area contributed by atoms with Gasteiger partial charge in [-0.3, -0.25) is 18.6 Å². The monoisotopic (exact) mass is 1160 g/mol. The van der Waals surface area contributed by atoms with E-state index >= 15 is 0 Å². The maximum absolute atomic E-state index is 12.8. The van der Waals surface area contributed by atoms with Crippen LogP contribution in [0.3, 0.4) is 0 Å². The molecule has 0 saturated carbocycles. The number of allylic oxidation sites excluding steroid dienone is 26. The number of phosphoric ester groups is 1. The molecule has 0 aliphatic rings. The SMILES string of the molecule is CC/C=C\C/C=C\C/C=C\C/C=C\C/C=C\C/C=C\C/C=C\C/C=C\C/C=C\CCCCCCCCCCCCCC(=O)OC(COC(=O)CCCCCCCC/C=C\C/C=C\C/C=C\C/C=C\CC)COP(=O)(O)OCC[N+](C)(C)C. The fourth-order valence-corrected chi connectivity index (χ4v) is 8.92. The summed E-state index contributed by atoms with van der Waals surface area (Å²) in [5.74, 6) is -0.826. The molecule has 0 bridgehead atoms. The number of quaternary nitrogens is 1. The minimum atomic E-state index is -4.40. The molecular formula is C72H119NO8P+. The minimum Gasteiger partial charge on any atom is -0.462 e. The van der Waals surface area contributed by atoms with Gasteiger partial charge in [-0.2, -0.15) is 0 Å². The average Bonchev–Trinajstić information content (AvgIpc) is 3.46. The molecule has 0 aromatic rings. The lowest BCUT2D eigenvalue weighted by molar-refractivity contribution is -0.870. The molecule has 0 spiro atoms. The maximum Gasteiger partial charge on any atom is 0.472 e. The van der Waals surface area contributed by atoms with Gasteiger partial charge < -0.3 is 18.9 Å². The fourth-order valence-electron chi connectivity index (χ4n) is 8.18. The zero-order chi connectivity index (χ0) is 59.8. The van der Waals surface area contributed by atoms with Crippen LogP contribution in [0, 0.1) is 0 Å². The summed E-state index contributed by atoms with van der Waals surface area (Å²) in [4.78, 5) is 35.8. The highest BCUT2D eigenvalue weighted by Gasteiger charge is 2.27. The summed E-state index contributed by atoms with van der Waals surface area (Å²) in [5, 5.41) is 0. The molecule has 0 radical (unpaired) electrons. The fraction of sp³-hybridized carbons (Fsp3) is 0.611. The summed E-state index contributed by atoms with van der Waals surface area (Å²) in [5.41, 5.74) is 0. The lowest BCUT2D eigenvalue weighted by Crippen LogP contribution is -2.37. The van der Waals surface area contributed by atoms with Crippen LogP contribution in [0.5, 0.6) is 0 Å². The number of nitrogens with zero attached hydrogens (tertiary/aromatic N) is 1. The summed E-state index contributed by atoms with van der Waals surface area (Å²) in [6.45, 7) is 4.17. The summed E-state index contributed by atoms with van der Waals surface area (Å²) in [6.07, 6.45) is 91.8. The zero-order valence-corrected chi connectivity index (χ0v) is 53.6. The van der Waals surface area contributed by atoms with E-state index in [9.17, 15) is 19.0 Å². The summed E-state index contributed by atoms with van der Waals surface area (Å²) < 4.78 is 34.6. The van der Waals surface area contributed by atoms with Gasteiger partial charge in [0.1, 0.15) is 19.8 Å². The average molecular weight is 1160 g/mol. The molecule has 0 aromatic heterocycles. The predicted octanol–water partition coefficient (Wildman–Crippen LogP) is 20.8. The van der Waals surface area contributed by atoms with Crippen LogP contribution in [-0.2, 0) is 32.7 Å². The Hall–Kier alpha value is -4.37. The van der Waals surface area contributed by atoms with E-state index in [2.05, 4.69) is 172 Å². The molecule has 0 heterocycles. The number of hydrogen-bond acceptors (Lipinski definition) is 7. The number of likely N-dealkylation sites (N-methyl/N-ethyl adjacent to an activating group) is 1. The van der Waals surface area contributed by atoms with E-state index in [0.29, 0.717) is 23.9 Å². The molecule has 0 saturated heterocycles. The van der Waals surface area contributed by atoms with Gasteiger partial charge in [0.05, 0.1) is 27.7 Å². The molecule has 82 heavy (non-hydrogen) atoms. The van der Waals surface area contributed by atoms with E-state index in [1.807, 2.05) is 21.1 Å². The highest BCUT2D eigenvalue weighted by molar-refractivity contribution is 7.47. The number of phosphoric acid groups is 1. The Morgan fingerprint density at radius 2 is 0.659 bits per heavy atom. The maximum atomic E-state index is 12.8. The third-order valence-electron chi connectivity index (χ3n) is 13.1. The lowest BCUT2D eigenvalue weighted by Gasteiger charge is -2.24. The van der Waals surface area contributed by atoms with E-state index in [-0.39, 0.29) is 32.0 Å². The highest BCUT2D eigenvalue weighted by atomic mass is 31.2. The van der Waals surface area contributed by atoms with E-state index in [0.717, 1.165) is 148 Å². The number of ether oxygens (including phenoxy) is 2. The van der Waals surface area contributed by atoms with Crippen molar-refractivity contribution < 1.29 is 42.1 Å². The van der Waals surface area contributed by atoms with Gasteiger partial charge in [0.2, 0.25) is 0 Å². The second-order valence-corrected chi connectivity index (χ2v) is 23.5. The van der Waals surface area contributed by atoms with Gasteiger partial charge in [0.15, 0.2) is 6.10 Å². The normalized spacial score (nSPS) is 14.3. The Morgan fingerprint density at radius 3 is 0.976 bits per heavy atom. The molecular weight excluding hydrogens is 1040 g/mol. The molecule has 0 aliphatic carbocycles. The van der Waals surface area contributed by atoms with Crippen molar-refractivity contribution in [1.29, 1.82) is 0 Å². The number of rotatable bonds is 57. The third kappa shape index (κ3) is 64.8. The van der Waals surface area contributed by atoms with Gasteiger partial charge in [-0.15, -0.1) is 0 Å². The molecule has 0 aliphatic heterocycles. The third-order valence-corrected chi connectivity index (χ3v) is 14.0. The van der Waals surface area contributed by atoms with Crippen LogP contribution in [0.25, 0.3) is 0 Å². The molecule has 0 fully saturated rings. The lowest BCUT2D eigenvalue weighted by atomic mass is 10.0. The van der Waals surface area contributed by atoms with E-state index in [1.54, 1.807) is 0 Å². The van der Waals surface area contributed by atoms with Crippen LogP contribution in [0.15, 0.2) is 158 Å². The summed E-state index contributed by atoms with van der Waals surface area (Å²) in [6, 6.07) is 0. The number of carbonyl (C=O) groups is 2. The van der Waals surface area contributed by atoms with Gasteiger partial charge in [-0.1, -0.05) is 255 Å². The first-order chi connectivity index (χ1) is 40.0. The van der Waals surface area contributed by atoms with E-state index in [4.69, 9.17) is 18.5 Å². The summed E-state index contributed by atoms with van der Waals surface area (Å²) in [7, 11) is 1.45. The van der Waals surface area contributed by atoms with Crippen molar-refractivity contribution in [2.24, 2.45) is 0 Å². The minimum absolute atomic E-state index is 0.0206. The molecule has 464 valence electrons. The van der Waals surface area contributed by atoms with Crippen LogP contribution in [0.4, 0.5) is 0 Å². The molecule has 2 unspecified atom stereocenters. The first-order valence-corrected chi connectivity index (χ1v) is 33.7. The predicted molar refractivity (Wildman–Crippen MR) is 353 cm³/mol. The molecule has 1 N–H and O–H groups in total.